The lowest BCUT2D eigenvalue weighted by Gasteiger charge is -2.45. The Morgan fingerprint density at radius 2 is 1.38 bits per heavy atom. The predicted octanol–water partition coefficient (Wildman–Crippen LogP) is -6.10. The van der Waals surface area contributed by atoms with E-state index in [0.29, 0.717) is 0 Å². The zero-order chi connectivity index (χ0) is 19.8. The number of hydrogen-bond donors (Lipinski definition) is 8. The number of sulfonamides is 1. The largest absolute Gasteiger partial charge is 0.394 e. The second kappa shape index (κ2) is 8.26. The van der Waals surface area contributed by atoms with Gasteiger partial charge in [0.2, 0.25) is 15.5 Å². The van der Waals surface area contributed by atoms with Crippen molar-refractivity contribution in [3.05, 3.63) is 0 Å². The summed E-state index contributed by atoms with van der Waals surface area (Å²) in [4.78, 5) is 0. The normalized spacial score (nSPS) is 47.7. The molecule has 2 fully saturated rings. The fourth-order valence-electron chi connectivity index (χ4n) is 2.83. The van der Waals surface area contributed by atoms with Crippen LogP contribution in [0.25, 0.3) is 0 Å². The van der Waals surface area contributed by atoms with Gasteiger partial charge in [-0.15, -0.1) is 0 Å². The molecule has 0 spiro atoms. The highest BCUT2D eigenvalue weighted by Crippen LogP contribution is 2.30. The van der Waals surface area contributed by atoms with Crippen molar-refractivity contribution in [1.29, 1.82) is 0 Å². The Bertz CT molecular complexity index is 571. The molecule has 0 unspecified atom stereocenters. The van der Waals surface area contributed by atoms with Crippen molar-refractivity contribution in [2.24, 2.45) is 5.14 Å². The highest BCUT2D eigenvalue weighted by Gasteiger charge is 2.52. The van der Waals surface area contributed by atoms with Gasteiger partial charge in [0, 0.05) is 0 Å². The molecule has 154 valence electrons. The van der Waals surface area contributed by atoms with Crippen molar-refractivity contribution >= 4 is 10.0 Å². The number of primary sulfonamides is 1. The first kappa shape index (κ1) is 21.8. The third kappa shape index (κ3) is 4.16. The molecule has 0 bridgehead atoms. The third-order valence-electron chi connectivity index (χ3n) is 4.28. The fourth-order valence-corrected chi connectivity index (χ4v) is 3.67. The average molecular weight is 405 g/mol. The smallest absolute Gasteiger partial charge is 0.239 e. The van der Waals surface area contributed by atoms with E-state index >= 15 is 0 Å². The highest BCUT2D eigenvalue weighted by atomic mass is 32.2. The maximum Gasteiger partial charge on any atom is 0.239 e. The molecule has 2 aliphatic rings. The molecule has 0 aromatic heterocycles. The van der Waals surface area contributed by atoms with E-state index in [0.717, 1.165) is 0 Å². The molecule has 2 rings (SSSR count). The van der Waals surface area contributed by atoms with Crippen LogP contribution in [0.1, 0.15) is 0 Å². The van der Waals surface area contributed by atoms with Crippen LogP contribution in [0.4, 0.5) is 0 Å². The minimum Gasteiger partial charge on any atom is -0.394 e. The van der Waals surface area contributed by atoms with Crippen LogP contribution >= 0.6 is 0 Å². The van der Waals surface area contributed by atoms with Crippen LogP contribution in [-0.2, 0) is 24.2 Å². The van der Waals surface area contributed by atoms with E-state index in [1.807, 2.05) is 0 Å². The molecule has 0 aliphatic carbocycles. The Morgan fingerprint density at radius 1 is 0.808 bits per heavy atom. The van der Waals surface area contributed by atoms with Gasteiger partial charge in [0.25, 0.3) is 0 Å². The first-order valence-corrected chi connectivity index (χ1v) is 9.24. The van der Waals surface area contributed by atoms with E-state index in [2.05, 4.69) is 0 Å². The zero-order valence-corrected chi connectivity index (χ0v) is 14.2. The van der Waals surface area contributed by atoms with Crippen LogP contribution in [0.15, 0.2) is 0 Å². The van der Waals surface area contributed by atoms with Gasteiger partial charge in [0.1, 0.15) is 48.8 Å². The number of aliphatic hydroxyl groups is 7. The molecule has 0 radical (unpaired) electrons. The van der Waals surface area contributed by atoms with Gasteiger partial charge in [-0.1, -0.05) is 0 Å². The molecular weight excluding hydrogens is 382 g/mol. The maximum atomic E-state index is 11.4. The summed E-state index contributed by atoms with van der Waals surface area (Å²) in [6.45, 7) is -1.58. The van der Waals surface area contributed by atoms with E-state index < -0.39 is 83.8 Å². The average Bonchev–Trinajstić information content (AvgIpc) is 2.58. The molecule has 13 nitrogen and oxygen atoms in total. The molecule has 9 N–H and O–H groups in total. The quantitative estimate of drug-likeness (QED) is 0.214. The predicted molar refractivity (Wildman–Crippen MR) is 79.5 cm³/mol. The minimum absolute atomic E-state index is 0.728. The van der Waals surface area contributed by atoms with Crippen molar-refractivity contribution in [1.82, 2.24) is 0 Å². The Labute approximate surface area is 148 Å². The summed E-state index contributed by atoms with van der Waals surface area (Å²) in [5.41, 5.74) is -2.02. The molecule has 0 saturated carbocycles. The second-order valence-electron chi connectivity index (χ2n) is 6.09. The van der Waals surface area contributed by atoms with Gasteiger partial charge < -0.3 is 50.0 Å². The lowest BCUT2D eigenvalue weighted by molar-refractivity contribution is -0.338. The van der Waals surface area contributed by atoms with Gasteiger partial charge in [0.15, 0.2) is 6.29 Å². The van der Waals surface area contributed by atoms with E-state index in [-0.39, 0.29) is 0 Å². The SMILES string of the molecule is NS(=O)(=O)[C@@H]1O[C@H](CO)[C@@H](O[C@@H]2O[C@H](CO)[C@@H](O)[C@H](O)[C@H]2O)[C@H](O)[C@H]1O. The highest BCUT2D eigenvalue weighted by molar-refractivity contribution is 7.89. The number of rotatable bonds is 5. The monoisotopic (exact) mass is 405 g/mol. The number of hydrogen-bond acceptors (Lipinski definition) is 12. The van der Waals surface area contributed by atoms with Crippen LogP contribution in [-0.4, -0.2) is 118 Å². The van der Waals surface area contributed by atoms with Crippen LogP contribution < -0.4 is 5.14 Å². The molecule has 2 heterocycles. The van der Waals surface area contributed by atoms with Crippen molar-refractivity contribution in [2.45, 2.75) is 60.6 Å². The van der Waals surface area contributed by atoms with E-state index in [4.69, 9.17) is 24.5 Å². The topological polar surface area (TPSA) is 229 Å². The summed E-state index contributed by atoms with van der Waals surface area (Å²) in [7, 11) is -4.43. The van der Waals surface area contributed by atoms with Crippen molar-refractivity contribution in [2.75, 3.05) is 13.2 Å². The summed E-state index contributed by atoms with van der Waals surface area (Å²) in [6, 6.07) is 0. The summed E-state index contributed by atoms with van der Waals surface area (Å²) < 4.78 is 38.2. The molecule has 0 amide bonds. The van der Waals surface area contributed by atoms with E-state index in [1.165, 1.54) is 0 Å². The standard InChI is InChI=1S/C12H23NO12S/c13-26(21,22)12-9(20)7(18)10(4(2-15)24-12)25-11-8(19)6(17)5(16)3(1-14)23-11/h3-12,14-20H,1-2H2,(H2,13,21,22)/t3-,4-,5-,6+,7-,8-,9-,10-,11+,12+/m1/s1. The molecule has 2 saturated heterocycles. The first-order chi connectivity index (χ1) is 12.0. The molecule has 26 heavy (non-hydrogen) atoms. The summed E-state index contributed by atoms with van der Waals surface area (Å²) in [6.07, 6.45) is -15.2. The first-order valence-electron chi connectivity index (χ1n) is 7.63. The number of aliphatic hydroxyl groups excluding tert-OH is 7. The summed E-state index contributed by atoms with van der Waals surface area (Å²) >= 11 is 0. The van der Waals surface area contributed by atoms with E-state index in [9.17, 15) is 39.1 Å². The number of nitrogens with two attached hydrogens (primary N) is 1. The molecule has 0 aromatic carbocycles. The van der Waals surface area contributed by atoms with Gasteiger partial charge in [-0.25, -0.2) is 13.6 Å². The Kier molecular flexibility index (Phi) is 6.92. The summed E-state index contributed by atoms with van der Waals surface area (Å²) in [5, 5.41) is 72.9. The van der Waals surface area contributed by atoms with Crippen LogP contribution in [0.5, 0.6) is 0 Å². The molecular formula is C12H23NO12S. The maximum absolute atomic E-state index is 11.4. The fraction of sp³-hybridized carbons (Fsp3) is 1.00. The summed E-state index contributed by atoms with van der Waals surface area (Å²) in [5.74, 6) is 0. The third-order valence-corrected chi connectivity index (χ3v) is 5.32. The van der Waals surface area contributed by atoms with Crippen LogP contribution in [0.3, 0.4) is 0 Å². The molecule has 14 heteroatoms. The van der Waals surface area contributed by atoms with Crippen LogP contribution in [0, 0.1) is 0 Å². The van der Waals surface area contributed by atoms with E-state index in [1.54, 1.807) is 0 Å². The number of ether oxygens (including phenoxy) is 3. The zero-order valence-electron chi connectivity index (χ0n) is 13.3. The molecule has 0 aromatic rings. The Balaban J connectivity index is 2.19. The van der Waals surface area contributed by atoms with Crippen molar-refractivity contribution < 1.29 is 58.4 Å². The van der Waals surface area contributed by atoms with Gasteiger partial charge in [-0.2, -0.15) is 0 Å². The van der Waals surface area contributed by atoms with Gasteiger partial charge >= 0.3 is 0 Å². The van der Waals surface area contributed by atoms with Gasteiger partial charge in [0.05, 0.1) is 13.2 Å². The molecule has 2 aliphatic heterocycles. The van der Waals surface area contributed by atoms with Crippen LogP contribution in [0.2, 0.25) is 0 Å². The minimum atomic E-state index is -4.43. The van der Waals surface area contributed by atoms with Gasteiger partial charge in [-0.3, -0.25) is 0 Å². The van der Waals surface area contributed by atoms with Crippen molar-refractivity contribution in [3.8, 4) is 0 Å². The molecule has 10 atom stereocenters. The lowest BCUT2D eigenvalue weighted by atomic mass is 9.97. The Morgan fingerprint density at radius 3 is 1.88 bits per heavy atom. The van der Waals surface area contributed by atoms with Gasteiger partial charge in [-0.05, 0) is 0 Å². The lowest BCUT2D eigenvalue weighted by Crippen LogP contribution is -2.65. The van der Waals surface area contributed by atoms with Crippen molar-refractivity contribution in [3.63, 3.8) is 0 Å². The second-order valence-corrected chi connectivity index (χ2v) is 7.74. The Hall–Kier alpha value is -0.490.